The predicted octanol–water partition coefficient (Wildman–Crippen LogP) is 2.99. The molecule has 0 atom stereocenters. The van der Waals surface area contributed by atoms with Gasteiger partial charge in [-0.15, -0.1) is 10.2 Å². The molecule has 136 valence electrons. The summed E-state index contributed by atoms with van der Waals surface area (Å²) in [4.78, 5) is 13.1. The van der Waals surface area contributed by atoms with Crippen molar-refractivity contribution in [3.63, 3.8) is 0 Å². The highest BCUT2D eigenvalue weighted by Gasteiger charge is 2.13. The maximum Gasteiger partial charge on any atom is 0.216 e. The van der Waals surface area contributed by atoms with Gasteiger partial charge in [0.05, 0.1) is 7.11 Å². The fourth-order valence-electron chi connectivity index (χ4n) is 3.29. The molecule has 0 aliphatic carbocycles. The first-order valence-electron chi connectivity index (χ1n) is 8.77. The number of rotatable bonds is 5. The van der Waals surface area contributed by atoms with Crippen LogP contribution in [0.25, 0.3) is 16.8 Å². The van der Waals surface area contributed by atoms with Crippen molar-refractivity contribution < 1.29 is 4.74 Å². The van der Waals surface area contributed by atoms with Gasteiger partial charge in [-0.3, -0.25) is 4.40 Å². The second kappa shape index (κ2) is 7.11. The highest BCUT2D eigenvalue weighted by atomic mass is 16.5. The van der Waals surface area contributed by atoms with E-state index in [4.69, 9.17) is 4.74 Å². The van der Waals surface area contributed by atoms with E-state index in [0.29, 0.717) is 5.88 Å². The molecule has 4 rings (SSSR count). The third-order valence-corrected chi connectivity index (χ3v) is 4.62. The number of hydrogen-bond donors (Lipinski definition) is 0. The van der Waals surface area contributed by atoms with Crippen LogP contribution in [0, 0.1) is 13.8 Å². The normalized spacial score (nSPS) is 11.1. The standard InChI is InChI=1S/C20H20N6O/c1-13-18(11-22-14(2)24-13)17-9-8-16(26-12-23-25-19(17)26)7-6-15-5-4-10-21-20(15)27-3/h4-5,8-12H,6-7H2,1-3H3. The molecule has 0 bridgehead atoms. The lowest BCUT2D eigenvalue weighted by Crippen LogP contribution is -2.03. The van der Waals surface area contributed by atoms with Gasteiger partial charge >= 0.3 is 0 Å². The summed E-state index contributed by atoms with van der Waals surface area (Å²) in [5.41, 5.74) is 5.89. The molecule has 0 fully saturated rings. The third-order valence-electron chi connectivity index (χ3n) is 4.62. The van der Waals surface area contributed by atoms with E-state index >= 15 is 0 Å². The van der Waals surface area contributed by atoms with Crippen LogP contribution in [0.5, 0.6) is 5.88 Å². The molecule has 0 aliphatic heterocycles. The van der Waals surface area contributed by atoms with Crippen LogP contribution in [0.2, 0.25) is 0 Å². The van der Waals surface area contributed by atoms with Crippen molar-refractivity contribution in [3.8, 4) is 17.0 Å². The van der Waals surface area contributed by atoms with Gasteiger partial charge < -0.3 is 4.74 Å². The number of methoxy groups -OCH3 is 1. The number of aryl methyl sites for hydroxylation is 4. The first-order chi connectivity index (χ1) is 13.2. The minimum absolute atomic E-state index is 0.668. The summed E-state index contributed by atoms with van der Waals surface area (Å²) >= 11 is 0. The lowest BCUT2D eigenvalue weighted by molar-refractivity contribution is 0.392. The van der Waals surface area contributed by atoms with Crippen molar-refractivity contribution in [2.24, 2.45) is 0 Å². The second-order valence-electron chi connectivity index (χ2n) is 6.35. The van der Waals surface area contributed by atoms with Crippen molar-refractivity contribution in [2.45, 2.75) is 26.7 Å². The Morgan fingerprint density at radius 1 is 1.04 bits per heavy atom. The Morgan fingerprint density at radius 3 is 2.74 bits per heavy atom. The van der Waals surface area contributed by atoms with Gasteiger partial charge in [0.2, 0.25) is 5.88 Å². The van der Waals surface area contributed by atoms with Crippen molar-refractivity contribution in [1.29, 1.82) is 0 Å². The minimum atomic E-state index is 0.668. The quantitative estimate of drug-likeness (QED) is 0.544. The number of ether oxygens (including phenoxy) is 1. The Kier molecular flexibility index (Phi) is 4.50. The summed E-state index contributed by atoms with van der Waals surface area (Å²) in [6.07, 6.45) is 6.97. The van der Waals surface area contributed by atoms with Crippen LogP contribution in [-0.4, -0.2) is 36.7 Å². The maximum absolute atomic E-state index is 5.35. The van der Waals surface area contributed by atoms with Crippen molar-refractivity contribution >= 4 is 5.65 Å². The van der Waals surface area contributed by atoms with Crippen LogP contribution in [0.1, 0.15) is 22.8 Å². The molecular formula is C20H20N6O. The molecule has 0 saturated carbocycles. The number of aromatic nitrogens is 6. The zero-order chi connectivity index (χ0) is 18.8. The Balaban J connectivity index is 1.69. The Labute approximate surface area is 157 Å². The molecule has 7 heteroatoms. The maximum atomic E-state index is 5.35. The molecule has 4 aromatic heterocycles. The number of hydrogen-bond acceptors (Lipinski definition) is 6. The summed E-state index contributed by atoms with van der Waals surface area (Å²) in [6, 6.07) is 8.14. The molecule has 0 aromatic carbocycles. The van der Waals surface area contributed by atoms with Crippen molar-refractivity contribution in [2.75, 3.05) is 7.11 Å². The van der Waals surface area contributed by atoms with Gasteiger partial charge in [0.1, 0.15) is 12.2 Å². The summed E-state index contributed by atoms with van der Waals surface area (Å²) in [6.45, 7) is 3.87. The molecule has 0 amide bonds. The second-order valence-corrected chi connectivity index (χ2v) is 6.35. The first-order valence-corrected chi connectivity index (χ1v) is 8.77. The van der Waals surface area contributed by atoms with E-state index in [2.05, 4.69) is 37.3 Å². The van der Waals surface area contributed by atoms with Gasteiger partial charge in [-0.2, -0.15) is 0 Å². The summed E-state index contributed by atoms with van der Waals surface area (Å²) in [5.74, 6) is 1.43. The molecule has 0 radical (unpaired) electrons. The van der Waals surface area contributed by atoms with Gasteiger partial charge in [-0.05, 0) is 44.9 Å². The minimum Gasteiger partial charge on any atom is -0.481 e. The molecule has 0 unspecified atom stereocenters. The molecular weight excluding hydrogens is 340 g/mol. The van der Waals surface area contributed by atoms with E-state index < -0.39 is 0 Å². The van der Waals surface area contributed by atoms with Crippen LogP contribution >= 0.6 is 0 Å². The van der Waals surface area contributed by atoms with E-state index in [9.17, 15) is 0 Å². The van der Waals surface area contributed by atoms with Gasteiger partial charge in [0.15, 0.2) is 5.65 Å². The zero-order valence-electron chi connectivity index (χ0n) is 15.5. The molecule has 0 N–H and O–H groups in total. The van der Waals surface area contributed by atoms with Gasteiger partial charge in [0.25, 0.3) is 0 Å². The number of nitrogens with zero attached hydrogens (tertiary/aromatic N) is 6. The lowest BCUT2D eigenvalue weighted by atomic mass is 10.0. The average Bonchev–Trinajstić information content (AvgIpc) is 3.17. The van der Waals surface area contributed by atoms with Gasteiger partial charge in [-0.1, -0.05) is 6.07 Å². The molecule has 27 heavy (non-hydrogen) atoms. The first kappa shape index (κ1) is 17.1. The van der Waals surface area contributed by atoms with Gasteiger partial charge in [0, 0.05) is 40.5 Å². The SMILES string of the molecule is COc1ncccc1CCc1ccc(-c2cnc(C)nc2C)c2nncn12. The zero-order valence-corrected chi connectivity index (χ0v) is 15.5. The molecule has 7 nitrogen and oxygen atoms in total. The predicted molar refractivity (Wildman–Crippen MR) is 102 cm³/mol. The summed E-state index contributed by atoms with van der Waals surface area (Å²) in [5, 5.41) is 8.45. The highest BCUT2D eigenvalue weighted by molar-refractivity contribution is 5.78. The van der Waals surface area contributed by atoms with Crippen LogP contribution in [0.4, 0.5) is 0 Å². The fourth-order valence-corrected chi connectivity index (χ4v) is 3.29. The lowest BCUT2D eigenvalue weighted by Gasteiger charge is -2.11. The summed E-state index contributed by atoms with van der Waals surface area (Å²) < 4.78 is 7.37. The van der Waals surface area contributed by atoms with Gasteiger partial charge in [-0.25, -0.2) is 15.0 Å². The van der Waals surface area contributed by atoms with E-state index in [0.717, 1.165) is 52.4 Å². The van der Waals surface area contributed by atoms with Crippen molar-refractivity contribution in [1.82, 2.24) is 29.5 Å². The Hall–Kier alpha value is -3.35. The van der Waals surface area contributed by atoms with E-state index in [1.165, 1.54) is 0 Å². The fraction of sp³-hybridized carbons (Fsp3) is 0.250. The monoisotopic (exact) mass is 360 g/mol. The molecule has 4 aromatic rings. The number of pyridine rings is 2. The summed E-state index contributed by atoms with van der Waals surface area (Å²) in [7, 11) is 1.64. The van der Waals surface area contributed by atoms with Crippen LogP contribution in [0.3, 0.4) is 0 Å². The van der Waals surface area contributed by atoms with E-state index in [1.807, 2.05) is 36.6 Å². The van der Waals surface area contributed by atoms with Crippen molar-refractivity contribution in [3.05, 3.63) is 65.8 Å². The van der Waals surface area contributed by atoms with Crippen LogP contribution in [0.15, 0.2) is 43.0 Å². The Morgan fingerprint density at radius 2 is 1.93 bits per heavy atom. The molecule has 0 aliphatic rings. The molecule has 0 saturated heterocycles. The van der Waals surface area contributed by atoms with E-state index in [1.54, 1.807) is 19.6 Å². The smallest absolute Gasteiger partial charge is 0.216 e. The Bertz CT molecular complexity index is 1100. The third kappa shape index (κ3) is 3.23. The van der Waals surface area contributed by atoms with Crippen LogP contribution < -0.4 is 4.74 Å². The average molecular weight is 360 g/mol. The van der Waals surface area contributed by atoms with E-state index in [-0.39, 0.29) is 0 Å². The molecule has 0 spiro atoms. The topological polar surface area (TPSA) is 78.1 Å². The molecule has 4 heterocycles. The largest absolute Gasteiger partial charge is 0.481 e. The highest BCUT2D eigenvalue weighted by Crippen LogP contribution is 2.26. The number of fused-ring (bicyclic) bond motifs is 1. The van der Waals surface area contributed by atoms with Crippen LogP contribution in [-0.2, 0) is 12.8 Å².